The lowest BCUT2D eigenvalue weighted by Gasteiger charge is -2.06. The maximum absolute atomic E-state index is 13.1. The summed E-state index contributed by atoms with van der Waals surface area (Å²) in [5.74, 6) is -0.173. The molecule has 0 aliphatic rings. The van der Waals surface area contributed by atoms with Crippen molar-refractivity contribution in [1.82, 2.24) is 9.78 Å². The number of aromatic nitrogens is 2. The Morgan fingerprint density at radius 2 is 2.12 bits per heavy atom. The highest BCUT2D eigenvalue weighted by molar-refractivity contribution is 5.46. The van der Waals surface area contributed by atoms with Gasteiger partial charge in [-0.05, 0) is 37.6 Å². The summed E-state index contributed by atoms with van der Waals surface area (Å²) in [5, 5.41) is 7.53. The second kappa shape index (κ2) is 4.57. The maximum atomic E-state index is 13.1. The van der Waals surface area contributed by atoms with Crippen molar-refractivity contribution in [2.45, 2.75) is 20.4 Å². The van der Waals surface area contributed by atoms with Crippen LogP contribution in [0.25, 0.3) is 0 Å². The number of nitrogens with zero attached hydrogens (tertiary/aromatic N) is 2. The van der Waals surface area contributed by atoms with Gasteiger partial charge in [0.1, 0.15) is 5.82 Å². The summed E-state index contributed by atoms with van der Waals surface area (Å²) in [7, 11) is 1.90. The third kappa shape index (κ3) is 2.64. The number of anilines is 1. The first-order chi connectivity index (χ1) is 8.06. The van der Waals surface area contributed by atoms with E-state index in [0.29, 0.717) is 12.1 Å². The summed E-state index contributed by atoms with van der Waals surface area (Å²) < 4.78 is 14.9. The molecule has 0 aliphatic heterocycles. The van der Waals surface area contributed by atoms with Crippen molar-refractivity contribution in [3.63, 3.8) is 0 Å². The van der Waals surface area contributed by atoms with Crippen LogP contribution in [0, 0.1) is 19.7 Å². The lowest BCUT2D eigenvalue weighted by atomic mass is 10.2. The van der Waals surface area contributed by atoms with Crippen LogP contribution in [-0.2, 0) is 13.6 Å². The van der Waals surface area contributed by atoms with Crippen molar-refractivity contribution in [3.05, 3.63) is 47.0 Å². The van der Waals surface area contributed by atoms with Crippen LogP contribution in [0.4, 0.5) is 10.1 Å². The molecule has 1 aromatic carbocycles. The molecule has 0 radical (unpaired) electrons. The van der Waals surface area contributed by atoms with Crippen LogP contribution in [0.2, 0.25) is 0 Å². The van der Waals surface area contributed by atoms with Crippen LogP contribution < -0.4 is 5.32 Å². The number of halogens is 1. The fourth-order valence-electron chi connectivity index (χ4n) is 1.77. The Kier molecular flexibility index (Phi) is 3.13. The second-order valence-corrected chi connectivity index (χ2v) is 4.23. The van der Waals surface area contributed by atoms with E-state index in [1.54, 1.807) is 23.7 Å². The largest absolute Gasteiger partial charge is 0.381 e. The molecule has 1 aromatic heterocycles. The monoisotopic (exact) mass is 233 g/mol. The van der Waals surface area contributed by atoms with E-state index in [1.807, 2.05) is 20.2 Å². The third-order valence-corrected chi connectivity index (χ3v) is 2.76. The SMILES string of the molecule is Cc1cc(NCc2cn(C)nc2C)ccc1F. The van der Waals surface area contributed by atoms with Gasteiger partial charge < -0.3 is 5.32 Å². The molecule has 0 spiro atoms. The number of hydrogen-bond donors (Lipinski definition) is 1. The van der Waals surface area contributed by atoms with Crippen molar-refractivity contribution >= 4 is 5.69 Å². The van der Waals surface area contributed by atoms with Crippen molar-refractivity contribution in [3.8, 4) is 0 Å². The Morgan fingerprint density at radius 3 is 2.71 bits per heavy atom. The lowest BCUT2D eigenvalue weighted by molar-refractivity contribution is 0.618. The van der Waals surface area contributed by atoms with Gasteiger partial charge in [-0.25, -0.2) is 4.39 Å². The van der Waals surface area contributed by atoms with Gasteiger partial charge in [0, 0.05) is 31.0 Å². The maximum Gasteiger partial charge on any atom is 0.126 e. The average Bonchev–Trinajstić information content (AvgIpc) is 2.59. The molecule has 1 N–H and O–H groups in total. The van der Waals surface area contributed by atoms with Crippen molar-refractivity contribution in [2.75, 3.05) is 5.32 Å². The molecule has 0 saturated carbocycles. The van der Waals surface area contributed by atoms with E-state index >= 15 is 0 Å². The number of benzene rings is 1. The van der Waals surface area contributed by atoms with Crippen LogP contribution in [0.3, 0.4) is 0 Å². The van der Waals surface area contributed by atoms with Crippen molar-refractivity contribution < 1.29 is 4.39 Å². The predicted molar refractivity (Wildman–Crippen MR) is 66.4 cm³/mol. The highest BCUT2D eigenvalue weighted by atomic mass is 19.1. The van der Waals surface area contributed by atoms with E-state index in [4.69, 9.17) is 0 Å². The van der Waals surface area contributed by atoms with Gasteiger partial charge in [0.2, 0.25) is 0 Å². The normalized spacial score (nSPS) is 10.6. The molecule has 2 rings (SSSR count). The first kappa shape index (κ1) is 11.6. The van der Waals surface area contributed by atoms with Crippen molar-refractivity contribution in [1.29, 1.82) is 0 Å². The summed E-state index contributed by atoms with van der Waals surface area (Å²) in [6, 6.07) is 5.03. The highest BCUT2D eigenvalue weighted by Gasteiger charge is 2.03. The number of hydrogen-bond acceptors (Lipinski definition) is 2. The minimum absolute atomic E-state index is 0.173. The fraction of sp³-hybridized carbons (Fsp3) is 0.308. The van der Waals surface area contributed by atoms with Gasteiger partial charge in [-0.3, -0.25) is 4.68 Å². The molecule has 17 heavy (non-hydrogen) atoms. The molecule has 0 unspecified atom stereocenters. The summed E-state index contributed by atoms with van der Waals surface area (Å²) >= 11 is 0. The van der Waals surface area contributed by atoms with E-state index in [1.165, 1.54) is 6.07 Å². The Labute approximate surface area is 100 Å². The zero-order valence-electron chi connectivity index (χ0n) is 10.3. The van der Waals surface area contributed by atoms with E-state index in [2.05, 4.69) is 10.4 Å². The molecule has 0 bridgehead atoms. The molecule has 4 heteroatoms. The zero-order chi connectivity index (χ0) is 12.4. The highest BCUT2D eigenvalue weighted by Crippen LogP contribution is 2.15. The molecular weight excluding hydrogens is 217 g/mol. The van der Waals surface area contributed by atoms with Crippen molar-refractivity contribution in [2.24, 2.45) is 7.05 Å². The first-order valence-electron chi connectivity index (χ1n) is 5.55. The van der Waals surface area contributed by atoms with E-state index in [9.17, 15) is 4.39 Å². The summed E-state index contributed by atoms with van der Waals surface area (Å²) in [6.07, 6.45) is 1.98. The number of rotatable bonds is 3. The van der Waals surface area contributed by atoms with Gasteiger partial charge in [0.05, 0.1) is 5.69 Å². The third-order valence-electron chi connectivity index (χ3n) is 2.76. The molecule has 0 amide bonds. The summed E-state index contributed by atoms with van der Waals surface area (Å²) in [5.41, 5.74) is 3.73. The topological polar surface area (TPSA) is 29.9 Å². The van der Waals surface area contributed by atoms with Gasteiger partial charge in [-0.1, -0.05) is 0 Å². The molecule has 1 heterocycles. The molecule has 0 atom stereocenters. The van der Waals surface area contributed by atoms with E-state index in [-0.39, 0.29) is 5.82 Å². The Bertz CT molecular complexity index is 531. The predicted octanol–water partition coefficient (Wildman–Crippen LogP) is 2.79. The summed E-state index contributed by atoms with van der Waals surface area (Å²) in [6.45, 7) is 4.44. The Hall–Kier alpha value is -1.84. The molecule has 0 aliphatic carbocycles. The fourth-order valence-corrected chi connectivity index (χ4v) is 1.77. The minimum Gasteiger partial charge on any atom is -0.381 e. The van der Waals surface area contributed by atoms with Crippen LogP contribution in [0.15, 0.2) is 24.4 Å². The van der Waals surface area contributed by atoms with Crippen LogP contribution in [0.5, 0.6) is 0 Å². The lowest BCUT2D eigenvalue weighted by Crippen LogP contribution is -2.00. The Morgan fingerprint density at radius 1 is 1.35 bits per heavy atom. The standard InChI is InChI=1S/C13H16FN3/c1-9-6-12(4-5-13(9)14)15-7-11-8-17(3)16-10(11)2/h4-6,8,15H,7H2,1-3H3. The Balaban J connectivity index is 2.07. The molecule has 90 valence electrons. The number of aryl methyl sites for hydroxylation is 3. The minimum atomic E-state index is -0.173. The zero-order valence-corrected chi connectivity index (χ0v) is 10.3. The molecule has 0 fully saturated rings. The molecule has 3 nitrogen and oxygen atoms in total. The van der Waals surface area contributed by atoms with Gasteiger partial charge >= 0.3 is 0 Å². The van der Waals surface area contributed by atoms with Crippen LogP contribution >= 0.6 is 0 Å². The van der Waals surface area contributed by atoms with Gasteiger partial charge in [-0.15, -0.1) is 0 Å². The van der Waals surface area contributed by atoms with Crippen LogP contribution in [0.1, 0.15) is 16.8 Å². The first-order valence-corrected chi connectivity index (χ1v) is 5.55. The van der Waals surface area contributed by atoms with Gasteiger partial charge in [-0.2, -0.15) is 5.10 Å². The molecule has 0 saturated heterocycles. The molecular formula is C13H16FN3. The summed E-state index contributed by atoms with van der Waals surface area (Å²) in [4.78, 5) is 0. The quantitative estimate of drug-likeness (QED) is 0.883. The van der Waals surface area contributed by atoms with E-state index in [0.717, 1.165) is 16.9 Å². The molecule has 2 aromatic rings. The second-order valence-electron chi connectivity index (χ2n) is 4.23. The van der Waals surface area contributed by atoms with Gasteiger partial charge in [0.15, 0.2) is 0 Å². The van der Waals surface area contributed by atoms with Gasteiger partial charge in [0.25, 0.3) is 0 Å². The van der Waals surface area contributed by atoms with Crippen LogP contribution in [-0.4, -0.2) is 9.78 Å². The van der Waals surface area contributed by atoms with E-state index < -0.39 is 0 Å². The number of nitrogens with one attached hydrogen (secondary N) is 1. The average molecular weight is 233 g/mol. The smallest absolute Gasteiger partial charge is 0.126 e.